The van der Waals surface area contributed by atoms with E-state index >= 15 is 0 Å². The van der Waals surface area contributed by atoms with Gasteiger partial charge in [-0.3, -0.25) is 4.79 Å². The molecule has 0 saturated carbocycles. The van der Waals surface area contributed by atoms with Crippen LogP contribution in [0.1, 0.15) is 34.3 Å². The molecule has 0 bridgehead atoms. The highest BCUT2D eigenvalue weighted by atomic mass is 79.9. The average molecular weight is 347 g/mol. The van der Waals surface area contributed by atoms with Gasteiger partial charge in [0, 0.05) is 16.5 Å². The van der Waals surface area contributed by atoms with Crippen LogP contribution in [0, 0.1) is 13.8 Å². The first-order chi connectivity index (χ1) is 10.1. The number of halogens is 1. The second-order valence-electron chi connectivity index (χ2n) is 5.10. The summed E-state index contributed by atoms with van der Waals surface area (Å²) >= 11 is 3.37. The molecule has 2 nitrogen and oxygen atoms in total. The minimum atomic E-state index is 0.160. The zero-order valence-electron chi connectivity index (χ0n) is 12.4. The van der Waals surface area contributed by atoms with E-state index in [0.29, 0.717) is 13.0 Å². The summed E-state index contributed by atoms with van der Waals surface area (Å²) in [4.78, 5) is 12.0. The van der Waals surface area contributed by atoms with Crippen LogP contribution in [-0.4, -0.2) is 12.4 Å². The van der Waals surface area contributed by atoms with Gasteiger partial charge in [-0.1, -0.05) is 46.3 Å². The average Bonchev–Trinajstić information content (AvgIpc) is 2.46. The number of ketones is 1. The highest BCUT2D eigenvalue weighted by molar-refractivity contribution is 9.10. The molecule has 0 aliphatic carbocycles. The minimum Gasteiger partial charge on any atom is -0.493 e. The number of hydrogen-bond donors (Lipinski definition) is 0. The van der Waals surface area contributed by atoms with Crippen molar-refractivity contribution in [3.63, 3.8) is 0 Å². The predicted molar refractivity (Wildman–Crippen MR) is 89.1 cm³/mol. The highest BCUT2D eigenvalue weighted by Gasteiger charge is 2.07. The van der Waals surface area contributed by atoms with Crippen molar-refractivity contribution in [2.45, 2.75) is 26.7 Å². The summed E-state index contributed by atoms with van der Waals surface area (Å²) in [5.41, 5.74) is 3.02. The van der Waals surface area contributed by atoms with Crippen molar-refractivity contribution >= 4 is 21.7 Å². The maximum atomic E-state index is 12.0. The van der Waals surface area contributed by atoms with E-state index in [2.05, 4.69) is 15.9 Å². The molecule has 0 aromatic heterocycles. The van der Waals surface area contributed by atoms with Gasteiger partial charge in [-0.2, -0.15) is 0 Å². The van der Waals surface area contributed by atoms with Crippen LogP contribution in [0.4, 0.5) is 0 Å². The van der Waals surface area contributed by atoms with Crippen molar-refractivity contribution in [1.82, 2.24) is 0 Å². The van der Waals surface area contributed by atoms with Crippen molar-refractivity contribution in [2.24, 2.45) is 0 Å². The van der Waals surface area contributed by atoms with Crippen LogP contribution >= 0.6 is 15.9 Å². The minimum absolute atomic E-state index is 0.160. The quantitative estimate of drug-likeness (QED) is 0.536. The largest absolute Gasteiger partial charge is 0.493 e. The molecule has 0 aliphatic rings. The lowest BCUT2D eigenvalue weighted by atomic mass is 10.1. The molecule has 2 aromatic rings. The Morgan fingerprint density at radius 1 is 1.05 bits per heavy atom. The Kier molecular flexibility index (Phi) is 5.57. The molecule has 3 heteroatoms. The van der Waals surface area contributed by atoms with Gasteiger partial charge < -0.3 is 4.74 Å². The SMILES string of the molecule is Cc1cccc(C)c1OCCCC(=O)c1ccc(Br)cc1. The molecule has 0 aliphatic heterocycles. The van der Waals surface area contributed by atoms with Crippen molar-refractivity contribution in [3.05, 3.63) is 63.6 Å². The van der Waals surface area contributed by atoms with E-state index in [9.17, 15) is 4.79 Å². The van der Waals surface area contributed by atoms with Crippen LogP contribution in [0.5, 0.6) is 5.75 Å². The number of aryl methyl sites for hydroxylation is 2. The van der Waals surface area contributed by atoms with Crippen LogP contribution < -0.4 is 4.74 Å². The number of carbonyl (C=O) groups is 1. The molecule has 2 aromatic carbocycles. The van der Waals surface area contributed by atoms with Gasteiger partial charge in [0.15, 0.2) is 5.78 Å². The summed E-state index contributed by atoms with van der Waals surface area (Å²) in [6.07, 6.45) is 1.23. The van der Waals surface area contributed by atoms with Crippen LogP contribution in [0.15, 0.2) is 46.9 Å². The first kappa shape index (κ1) is 15.8. The zero-order chi connectivity index (χ0) is 15.2. The van der Waals surface area contributed by atoms with Crippen LogP contribution in [0.2, 0.25) is 0 Å². The molecule has 0 amide bonds. The van der Waals surface area contributed by atoms with E-state index in [4.69, 9.17) is 4.74 Å². The standard InChI is InChI=1S/C18H19BrO2/c1-13-5-3-6-14(2)18(13)21-12-4-7-17(20)15-8-10-16(19)11-9-15/h3,5-6,8-11H,4,7,12H2,1-2H3. The number of rotatable bonds is 6. The summed E-state index contributed by atoms with van der Waals surface area (Å²) in [5, 5.41) is 0. The predicted octanol–water partition coefficient (Wildman–Crippen LogP) is 5.11. The van der Waals surface area contributed by atoms with Crippen LogP contribution in [0.3, 0.4) is 0 Å². The number of ether oxygens (including phenoxy) is 1. The van der Waals surface area contributed by atoms with Crippen LogP contribution in [0.25, 0.3) is 0 Å². The second-order valence-corrected chi connectivity index (χ2v) is 6.02. The van der Waals surface area contributed by atoms with Gasteiger partial charge in [0.25, 0.3) is 0 Å². The van der Waals surface area contributed by atoms with E-state index in [1.54, 1.807) is 0 Å². The third kappa shape index (κ3) is 4.43. The third-order valence-corrected chi connectivity index (χ3v) is 3.90. The number of carbonyl (C=O) groups excluding carboxylic acids is 1. The molecule has 110 valence electrons. The Morgan fingerprint density at radius 3 is 2.29 bits per heavy atom. The summed E-state index contributed by atoms with van der Waals surface area (Å²) in [7, 11) is 0. The zero-order valence-corrected chi connectivity index (χ0v) is 13.9. The van der Waals surface area contributed by atoms with Crippen molar-refractivity contribution in [2.75, 3.05) is 6.61 Å². The Balaban J connectivity index is 1.82. The second kappa shape index (κ2) is 7.41. The van der Waals surface area contributed by atoms with E-state index in [-0.39, 0.29) is 5.78 Å². The van der Waals surface area contributed by atoms with Gasteiger partial charge in [0.05, 0.1) is 6.61 Å². The molecule has 0 N–H and O–H groups in total. The molecule has 2 rings (SSSR count). The molecule has 0 atom stereocenters. The Labute approximate surface area is 134 Å². The normalized spacial score (nSPS) is 10.4. The van der Waals surface area contributed by atoms with Gasteiger partial charge >= 0.3 is 0 Å². The first-order valence-corrected chi connectivity index (χ1v) is 7.85. The number of hydrogen-bond acceptors (Lipinski definition) is 2. The fourth-order valence-corrected chi connectivity index (χ4v) is 2.48. The molecular formula is C18H19BrO2. The van der Waals surface area contributed by atoms with E-state index in [0.717, 1.165) is 33.3 Å². The lowest BCUT2D eigenvalue weighted by Gasteiger charge is -2.11. The van der Waals surface area contributed by atoms with E-state index in [1.807, 2.05) is 56.3 Å². The maximum absolute atomic E-state index is 12.0. The number of benzene rings is 2. The summed E-state index contributed by atoms with van der Waals surface area (Å²) in [6, 6.07) is 13.6. The molecule has 0 unspecified atom stereocenters. The molecule has 0 radical (unpaired) electrons. The monoisotopic (exact) mass is 346 g/mol. The van der Waals surface area contributed by atoms with E-state index in [1.165, 1.54) is 0 Å². The molecule has 0 spiro atoms. The van der Waals surface area contributed by atoms with Gasteiger partial charge in [-0.25, -0.2) is 0 Å². The first-order valence-electron chi connectivity index (χ1n) is 7.05. The van der Waals surface area contributed by atoms with E-state index < -0.39 is 0 Å². The summed E-state index contributed by atoms with van der Waals surface area (Å²) in [5.74, 6) is 1.10. The van der Waals surface area contributed by atoms with Crippen molar-refractivity contribution in [3.8, 4) is 5.75 Å². The smallest absolute Gasteiger partial charge is 0.163 e. The number of para-hydroxylation sites is 1. The van der Waals surface area contributed by atoms with Gasteiger partial charge in [-0.05, 0) is 43.5 Å². The Bertz CT molecular complexity index is 597. The van der Waals surface area contributed by atoms with Crippen LogP contribution in [-0.2, 0) is 0 Å². The molecule has 0 fully saturated rings. The molecule has 21 heavy (non-hydrogen) atoms. The number of Topliss-reactive ketones (excluding diaryl/α,β-unsaturated/α-hetero) is 1. The molecule has 0 heterocycles. The summed E-state index contributed by atoms with van der Waals surface area (Å²) in [6.45, 7) is 4.64. The van der Waals surface area contributed by atoms with Crippen molar-refractivity contribution < 1.29 is 9.53 Å². The van der Waals surface area contributed by atoms with Gasteiger partial charge in [-0.15, -0.1) is 0 Å². The fraction of sp³-hybridized carbons (Fsp3) is 0.278. The topological polar surface area (TPSA) is 26.3 Å². The Hall–Kier alpha value is -1.61. The summed E-state index contributed by atoms with van der Waals surface area (Å²) < 4.78 is 6.80. The lowest BCUT2D eigenvalue weighted by molar-refractivity contribution is 0.0973. The van der Waals surface area contributed by atoms with Gasteiger partial charge in [0.1, 0.15) is 5.75 Å². The third-order valence-electron chi connectivity index (χ3n) is 3.37. The van der Waals surface area contributed by atoms with Crippen molar-refractivity contribution in [1.29, 1.82) is 0 Å². The molecule has 0 saturated heterocycles. The van der Waals surface area contributed by atoms with Gasteiger partial charge in [0.2, 0.25) is 0 Å². The lowest BCUT2D eigenvalue weighted by Crippen LogP contribution is -2.05. The maximum Gasteiger partial charge on any atom is 0.163 e. The highest BCUT2D eigenvalue weighted by Crippen LogP contribution is 2.22. The molecular weight excluding hydrogens is 328 g/mol. The Morgan fingerprint density at radius 2 is 1.67 bits per heavy atom. The fourth-order valence-electron chi connectivity index (χ4n) is 2.21.